The lowest BCUT2D eigenvalue weighted by molar-refractivity contribution is 0.590. The van der Waals surface area contributed by atoms with Crippen LogP contribution in [0.2, 0.25) is 0 Å². The van der Waals surface area contributed by atoms with Gasteiger partial charge in [-0.1, -0.05) is 83.0 Å². The van der Waals surface area contributed by atoms with Crippen molar-refractivity contribution >= 4 is 0 Å². The van der Waals surface area contributed by atoms with Gasteiger partial charge in [0.05, 0.1) is 6.85 Å². The number of hydrogen-bond donors (Lipinski definition) is 0. The number of hydrogen-bond acceptors (Lipinski definition) is 0. The fourth-order valence-corrected chi connectivity index (χ4v) is 2.13. The Labute approximate surface area is 124 Å². The molecule has 2 rings (SSSR count). The molecular weight excluding hydrogens is 228 g/mol. The predicted molar refractivity (Wildman–Crippen MR) is 84.7 cm³/mol. The molecule has 0 nitrogen and oxygen atoms in total. The molecule has 0 aromatic heterocycles. The molecule has 0 aliphatic rings. The highest BCUT2D eigenvalue weighted by Crippen LogP contribution is 2.33. The minimum atomic E-state index is -0.355. The summed E-state index contributed by atoms with van der Waals surface area (Å²) in [5.41, 5.74) is 3.00. The van der Waals surface area contributed by atoms with Crippen molar-refractivity contribution in [1.29, 1.82) is 0 Å². The first-order valence-corrected chi connectivity index (χ1v) is 6.68. The lowest BCUT2D eigenvalue weighted by Crippen LogP contribution is -2.11. The largest absolute Gasteiger partial charge is 0.0629 e. The average molecular weight is 257 g/mol. The van der Waals surface area contributed by atoms with Crippen molar-refractivity contribution in [3.63, 3.8) is 0 Å². The molecule has 0 heteroatoms. The third kappa shape index (κ3) is 3.07. The van der Waals surface area contributed by atoms with Crippen molar-refractivity contribution in [3.05, 3.63) is 59.5 Å². The quantitative estimate of drug-likeness (QED) is 0.640. The Bertz CT molecular complexity index is 756. The summed E-state index contributed by atoms with van der Waals surface area (Å²) < 4.78 is 40.2. The van der Waals surface area contributed by atoms with Crippen LogP contribution in [-0.2, 0) is 5.41 Å². The zero-order valence-corrected chi connectivity index (χ0v) is 12.3. The van der Waals surface area contributed by atoms with Crippen LogP contribution in [0.4, 0.5) is 0 Å². The Hall–Kier alpha value is -1.56. The zero-order valence-electron chi connectivity index (χ0n) is 17.3. The van der Waals surface area contributed by atoms with Crippen molar-refractivity contribution in [2.24, 2.45) is 0 Å². The maximum Gasteiger partial charge on any atom is 0.0629 e. The summed E-state index contributed by atoms with van der Waals surface area (Å²) in [5, 5.41) is 0. The molecule has 100 valence electrons. The van der Waals surface area contributed by atoms with E-state index in [1.807, 2.05) is 26.0 Å². The Balaban J connectivity index is 2.90. The van der Waals surface area contributed by atoms with E-state index in [0.29, 0.717) is 0 Å². The lowest BCUT2D eigenvalue weighted by atomic mass is 9.82. The van der Waals surface area contributed by atoms with Gasteiger partial charge in [0.2, 0.25) is 0 Å². The van der Waals surface area contributed by atoms with E-state index < -0.39 is 0 Å². The summed E-state index contributed by atoms with van der Waals surface area (Å²) in [6, 6.07) is 4.83. The number of benzene rings is 2. The van der Waals surface area contributed by atoms with Crippen LogP contribution in [0, 0.1) is 0 Å². The van der Waals surface area contributed by atoms with Gasteiger partial charge in [0.15, 0.2) is 0 Å². The van der Waals surface area contributed by atoms with Gasteiger partial charge in [0, 0.05) is 0 Å². The first-order chi connectivity index (χ1) is 11.0. The molecule has 0 amide bonds. The Morgan fingerprint density at radius 3 is 2.16 bits per heavy atom. The molecule has 0 aliphatic heterocycles. The van der Waals surface area contributed by atoms with Gasteiger partial charge in [-0.3, -0.25) is 0 Å². The minimum Gasteiger partial charge on any atom is -0.0622 e. The molecule has 0 atom stereocenters. The van der Waals surface area contributed by atoms with Crippen LogP contribution >= 0.6 is 0 Å². The van der Waals surface area contributed by atoms with Crippen molar-refractivity contribution < 1.29 is 6.85 Å². The number of rotatable bonds is 2. The van der Waals surface area contributed by atoms with E-state index in [1.54, 1.807) is 0 Å². The van der Waals surface area contributed by atoms with E-state index in [0.717, 1.165) is 16.7 Å². The van der Waals surface area contributed by atoms with E-state index in [1.165, 1.54) is 0 Å². The summed E-state index contributed by atoms with van der Waals surface area (Å²) in [7, 11) is 0. The molecule has 0 fully saturated rings. The van der Waals surface area contributed by atoms with Crippen LogP contribution in [-0.4, -0.2) is 0 Å². The van der Waals surface area contributed by atoms with Crippen LogP contribution in [0.15, 0.2) is 48.4 Å². The van der Waals surface area contributed by atoms with Gasteiger partial charge in [0.25, 0.3) is 0 Å². The second-order valence-electron chi connectivity index (χ2n) is 6.21. The summed E-state index contributed by atoms with van der Waals surface area (Å²) in [6.07, 6.45) is 0. The van der Waals surface area contributed by atoms with Crippen LogP contribution in [0.5, 0.6) is 0 Å². The highest BCUT2D eigenvalue weighted by atomic mass is 14.2. The monoisotopic (exact) mass is 257 g/mol. The smallest absolute Gasteiger partial charge is 0.0622 e. The molecule has 0 radical (unpaired) electrons. The van der Waals surface area contributed by atoms with Crippen molar-refractivity contribution in [2.75, 3.05) is 0 Å². The average Bonchev–Trinajstić information content (AvgIpc) is 2.50. The standard InChI is InChI=1S/C19H24/c1-14(2)17-12-11-16(19(3,4)5)13-18(17)15-9-7-6-8-10-15/h6-14H,1-5H3/i6D,7D,8D,9D,10D. The summed E-state index contributed by atoms with van der Waals surface area (Å²) in [4.78, 5) is 0. The topological polar surface area (TPSA) is 0 Å². The maximum atomic E-state index is 8.26. The summed E-state index contributed by atoms with van der Waals surface area (Å²) in [5.74, 6) is 0.187. The van der Waals surface area contributed by atoms with Crippen molar-refractivity contribution in [2.45, 2.75) is 46.0 Å². The second kappa shape index (κ2) is 5.21. The highest BCUT2D eigenvalue weighted by molar-refractivity contribution is 5.69. The van der Waals surface area contributed by atoms with Gasteiger partial charge >= 0.3 is 0 Å². The summed E-state index contributed by atoms with van der Waals surface area (Å²) >= 11 is 0. The molecule has 2 aromatic carbocycles. The van der Waals surface area contributed by atoms with Crippen LogP contribution in [0.3, 0.4) is 0 Å². The van der Waals surface area contributed by atoms with Gasteiger partial charge in [-0.25, -0.2) is 0 Å². The molecule has 0 bridgehead atoms. The zero-order chi connectivity index (χ0) is 18.4. The van der Waals surface area contributed by atoms with E-state index in [4.69, 9.17) is 6.85 Å². The van der Waals surface area contributed by atoms with E-state index in [2.05, 4.69) is 26.8 Å². The van der Waals surface area contributed by atoms with Crippen molar-refractivity contribution in [3.8, 4) is 11.1 Å². The lowest BCUT2D eigenvalue weighted by Gasteiger charge is -2.22. The van der Waals surface area contributed by atoms with Crippen LogP contribution < -0.4 is 0 Å². The predicted octanol–water partition coefficient (Wildman–Crippen LogP) is 5.77. The van der Waals surface area contributed by atoms with Gasteiger partial charge in [0.1, 0.15) is 0 Å². The second-order valence-corrected chi connectivity index (χ2v) is 6.21. The van der Waals surface area contributed by atoms with Crippen molar-refractivity contribution in [1.82, 2.24) is 0 Å². The van der Waals surface area contributed by atoms with Gasteiger partial charge in [-0.15, -0.1) is 0 Å². The molecule has 0 aliphatic carbocycles. The fraction of sp³-hybridized carbons (Fsp3) is 0.368. The Kier molecular flexibility index (Phi) is 2.35. The van der Waals surface area contributed by atoms with E-state index >= 15 is 0 Å². The highest BCUT2D eigenvalue weighted by Gasteiger charge is 2.17. The SMILES string of the molecule is [2H]c1c([2H])c([2H])c(-c2cc(C(C)(C)C)ccc2C(C)C)c([2H])c1[2H]. The third-order valence-corrected chi connectivity index (χ3v) is 3.31. The molecule has 0 saturated carbocycles. The molecule has 0 heterocycles. The van der Waals surface area contributed by atoms with Gasteiger partial charge in [-0.05, 0) is 33.6 Å². The molecule has 0 saturated heterocycles. The molecule has 19 heavy (non-hydrogen) atoms. The molecule has 0 spiro atoms. The van der Waals surface area contributed by atoms with Crippen LogP contribution in [0.1, 0.15) is 58.5 Å². The normalized spacial score (nSPS) is 15.6. The minimum absolute atomic E-state index is 0.0857. The molecule has 2 aromatic rings. The van der Waals surface area contributed by atoms with Gasteiger partial charge in [-0.2, -0.15) is 0 Å². The van der Waals surface area contributed by atoms with Gasteiger partial charge < -0.3 is 0 Å². The Morgan fingerprint density at radius 1 is 1.00 bits per heavy atom. The van der Waals surface area contributed by atoms with E-state index in [9.17, 15) is 0 Å². The molecular formula is C19H24. The summed E-state index contributed by atoms with van der Waals surface area (Å²) in [6.45, 7) is 10.4. The fourth-order valence-electron chi connectivity index (χ4n) is 2.13. The Morgan fingerprint density at radius 2 is 1.63 bits per heavy atom. The van der Waals surface area contributed by atoms with E-state index in [-0.39, 0.29) is 47.1 Å². The molecule has 0 unspecified atom stereocenters. The van der Waals surface area contributed by atoms with Crippen LogP contribution in [0.25, 0.3) is 11.1 Å². The third-order valence-electron chi connectivity index (χ3n) is 3.31. The first-order valence-electron chi connectivity index (χ1n) is 9.18. The first kappa shape index (κ1) is 8.58. The molecule has 0 N–H and O–H groups in total. The maximum absolute atomic E-state index is 8.26.